The molecule has 0 saturated carbocycles. The van der Waals surface area contributed by atoms with E-state index >= 15 is 0 Å². The number of phenolic OH excluding ortho intramolecular Hbond substituents is 1. The second-order valence-corrected chi connectivity index (χ2v) is 4.70. The van der Waals surface area contributed by atoms with E-state index in [1.165, 1.54) is 24.3 Å². The maximum absolute atomic E-state index is 13.5. The van der Waals surface area contributed by atoms with Crippen molar-refractivity contribution < 1.29 is 23.8 Å². The standard InChI is InChI=1S/C15H11ClFNO4/c16-9-5-6-12(11(17)7-9)18-14(20)8-22-15(21)10-3-1-2-4-13(10)19/h1-7,19H,8H2,(H,18,20). The van der Waals surface area contributed by atoms with Gasteiger partial charge in [0.15, 0.2) is 6.61 Å². The molecule has 1 amide bonds. The van der Waals surface area contributed by atoms with Gasteiger partial charge >= 0.3 is 5.97 Å². The Morgan fingerprint density at radius 2 is 1.95 bits per heavy atom. The number of carbonyl (C=O) groups is 2. The monoisotopic (exact) mass is 323 g/mol. The highest BCUT2D eigenvalue weighted by atomic mass is 35.5. The van der Waals surface area contributed by atoms with Crippen LogP contribution in [0, 0.1) is 5.82 Å². The summed E-state index contributed by atoms with van der Waals surface area (Å²) < 4.78 is 18.2. The molecule has 2 aromatic carbocycles. The number of hydrogen-bond donors (Lipinski definition) is 2. The van der Waals surface area contributed by atoms with Gasteiger partial charge in [-0.2, -0.15) is 0 Å². The molecule has 0 saturated heterocycles. The molecule has 0 atom stereocenters. The molecular weight excluding hydrogens is 313 g/mol. The van der Waals surface area contributed by atoms with E-state index in [1.54, 1.807) is 12.1 Å². The van der Waals surface area contributed by atoms with Crippen molar-refractivity contribution in [2.24, 2.45) is 0 Å². The lowest BCUT2D eigenvalue weighted by atomic mass is 10.2. The fraction of sp³-hybridized carbons (Fsp3) is 0.0667. The highest BCUT2D eigenvalue weighted by Gasteiger charge is 2.14. The van der Waals surface area contributed by atoms with E-state index in [1.807, 2.05) is 0 Å². The molecule has 0 heterocycles. The molecule has 7 heteroatoms. The number of para-hydroxylation sites is 1. The van der Waals surface area contributed by atoms with Crippen LogP contribution in [0.5, 0.6) is 5.75 Å². The number of ether oxygens (including phenoxy) is 1. The number of phenols is 1. The molecule has 0 unspecified atom stereocenters. The Hall–Kier alpha value is -2.60. The Kier molecular flexibility index (Phi) is 4.95. The second kappa shape index (κ2) is 6.91. The van der Waals surface area contributed by atoms with Crippen LogP contribution >= 0.6 is 11.6 Å². The summed E-state index contributed by atoms with van der Waals surface area (Å²) in [6.45, 7) is -0.616. The topological polar surface area (TPSA) is 75.6 Å². The molecule has 0 aromatic heterocycles. The molecule has 2 N–H and O–H groups in total. The van der Waals surface area contributed by atoms with Crippen molar-refractivity contribution >= 4 is 29.2 Å². The predicted molar refractivity (Wildman–Crippen MR) is 78.4 cm³/mol. The lowest BCUT2D eigenvalue weighted by Gasteiger charge is -2.08. The third kappa shape index (κ3) is 3.95. The van der Waals surface area contributed by atoms with E-state index in [-0.39, 0.29) is 22.0 Å². The van der Waals surface area contributed by atoms with Crippen LogP contribution in [0.3, 0.4) is 0 Å². The zero-order valence-corrected chi connectivity index (χ0v) is 11.9. The molecule has 0 aliphatic heterocycles. The number of esters is 1. The molecule has 0 spiro atoms. The molecule has 5 nitrogen and oxygen atoms in total. The number of benzene rings is 2. The third-order valence-electron chi connectivity index (χ3n) is 2.66. The fourth-order valence-electron chi connectivity index (χ4n) is 1.63. The molecule has 0 fully saturated rings. The maximum atomic E-state index is 13.5. The van der Waals surface area contributed by atoms with E-state index < -0.39 is 24.3 Å². The Morgan fingerprint density at radius 1 is 1.23 bits per heavy atom. The summed E-state index contributed by atoms with van der Waals surface area (Å²) in [5.74, 6) is -2.53. The lowest BCUT2D eigenvalue weighted by Crippen LogP contribution is -2.21. The quantitative estimate of drug-likeness (QED) is 0.848. The molecule has 0 radical (unpaired) electrons. The SMILES string of the molecule is O=C(COC(=O)c1ccccc1O)Nc1ccc(Cl)cc1F. The molecule has 2 aromatic rings. The molecular formula is C15H11ClFNO4. The van der Waals surface area contributed by atoms with Gasteiger partial charge in [0, 0.05) is 5.02 Å². The largest absolute Gasteiger partial charge is 0.507 e. The van der Waals surface area contributed by atoms with Gasteiger partial charge < -0.3 is 15.2 Å². The minimum atomic E-state index is -0.857. The summed E-state index contributed by atoms with van der Waals surface area (Å²) in [4.78, 5) is 23.3. The van der Waals surface area contributed by atoms with Crippen molar-refractivity contribution in [2.45, 2.75) is 0 Å². The molecule has 0 aliphatic carbocycles. The van der Waals surface area contributed by atoms with Gasteiger partial charge in [-0.15, -0.1) is 0 Å². The van der Waals surface area contributed by atoms with Crippen molar-refractivity contribution in [3.05, 3.63) is 58.9 Å². The first-order valence-electron chi connectivity index (χ1n) is 6.17. The van der Waals surface area contributed by atoms with Crippen molar-refractivity contribution in [3.8, 4) is 5.75 Å². The van der Waals surface area contributed by atoms with E-state index in [2.05, 4.69) is 5.32 Å². The summed E-state index contributed by atoms with van der Waals surface area (Å²) in [6, 6.07) is 9.51. The number of anilines is 1. The number of halogens is 2. The third-order valence-corrected chi connectivity index (χ3v) is 2.90. The highest BCUT2D eigenvalue weighted by Crippen LogP contribution is 2.19. The van der Waals surface area contributed by atoms with E-state index in [0.29, 0.717) is 0 Å². The molecule has 22 heavy (non-hydrogen) atoms. The number of rotatable bonds is 4. The zero-order valence-electron chi connectivity index (χ0n) is 11.2. The first kappa shape index (κ1) is 15.8. The Balaban J connectivity index is 1.93. The van der Waals surface area contributed by atoms with Crippen LogP contribution in [-0.2, 0) is 9.53 Å². The summed E-state index contributed by atoms with van der Waals surface area (Å²) >= 11 is 5.59. The van der Waals surface area contributed by atoms with Gasteiger partial charge in [-0.3, -0.25) is 4.79 Å². The fourth-order valence-corrected chi connectivity index (χ4v) is 1.79. The van der Waals surface area contributed by atoms with Gasteiger partial charge in [-0.05, 0) is 30.3 Å². The number of aromatic hydroxyl groups is 1. The van der Waals surface area contributed by atoms with Crippen LogP contribution in [0.2, 0.25) is 5.02 Å². The van der Waals surface area contributed by atoms with E-state index in [4.69, 9.17) is 16.3 Å². The first-order chi connectivity index (χ1) is 10.5. The minimum absolute atomic E-state index is 0.0621. The van der Waals surface area contributed by atoms with Gasteiger partial charge in [0.1, 0.15) is 17.1 Å². The molecule has 2 rings (SSSR count). The zero-order chi connectivity index (χ0) is 16.1. The Morgan fingerprint density at radius 3 is 2.64 bits per heavy atom. The van der Waals surface area contributed by atoms with Gasteiger partial charge in [-0.1, -0.05) is 23.7 Å². The van der Waals surface area contributed by atoms with Gasteiger partial charge in [0.05, 0.1) is 5.69 Å². The predicted octanol–water partition coefficient (Wildman–Crippen LogP) is 2.98. The number of nitrogens with one attached hydrogen (secondary N) is 1. The second-order valence-electron chi connectivity index (χ2n) is 4.27. The summed E-state index contributed by atoms with van der Waals surface area (Å²) in [5, 5.41) is 11.9. The Labute approximate surface area is 130 Å². The molecule has 0 bridgehead atoms. The van der Waals surface area contributed by atoms with Gasteiger partial charge in [-0.25, -0.2) is 9.18 Å². The van der Waals surface area contributed by atoms with Crippen molar-refractivity contribution in [3.63, 3.8) is 0 Å². The maximum Gasteiger partial charge on any atom is 0.342 e. The minimum Gasteiger partial charge on any atom is -0.507 e. The van der Waals surface area contributed by atoms with Gasteiger partial charge in [0.25, 0.3) is 5.91 Å². The number of carbonyl (C=O) groups excluding carboxylic acids is 2. The smallest absolute Gasteiger partial charge is 0.342 e. The summed E-state index contributed by atoms with van der Waals surface area (Å²) in [5.41, 5.74) is -0.138. The van der Waals surface area contributed by atoms with Crippen molar-refractivity contribution in [2.75, 3.05) is 11.9 Å². The molecule has 0 aliphatic rings. The average Bonchev–Trinajstić information content (AvgIpc) is 2.48. The Bertz CT molecular complexity index is 720. The van der Waals surface area contributed by atoms with E-state index in [0.717, 1.165) is 6.07 Å². The van der Waals surface area contributed by atoms with Crippen LogP contribution in [0.25, 0.3) is 0 Å². The van der Waals surface area contributed by atoms with Crippen molar-refractivity contribution in [1.82, 2.24) is 0 Å². The van der Waals surface area contributed by atoms with Crippen LogP contribution in [0.4, 0.5) is 10.1 Å². The van der Waals surface area contributed by atoms with Crippen LogP contribution in [0.1, 0.15) is 10.4 Å². The highest BCUT2D eigenvalue weighted by molar-refractivity contribution is 6.30. The number of hydrogen-bond acceptors (Lipinski definition) is 4. The number of amides is 1. The van der Waals surface area contributed by atoms with Crippen LogP contribution in [0.15, 0.2) is 42.5 Å². The van der Waals surface area contributed by atoms with Crippen LogP contribution in [-0.4, -0.2) is 23.6 Å². The first-order valence-corrected chi connectivity index (χ1v) is 6.55. The van der Waals surface area contributed by atoms with Crippen LogP contribution < -0.4 is 5.32 Å². The van der Waals surface area contributed by atoms with E-state index in [9.17, 15) is 19.1 Å². The molecule has 114 valence electrons. The summed E-state index contributed by atoms with van der Waals surface area (Å²) in [6.07, 6.45) is 0. The lowest BCUT2D eigenvalue weighted by molar-refractivity contribution is -0.119. The van der Waals surface area contributed by atoms with Crippen molar-refractivity contribution in [1.29, 1.82) is 0 Å². The average molecular weight is 324 g/mol. The normalized spacial score (nSPS) is 10.1. The van der Waals surface area contributed by atoms with Gasteiger partial charge in [0.2, 0.25) is 0 Å². The summed E-state index contributed by atoms with van der Waals surface area (Å²) in [7, 11) is 0.